The minimum atomic E-state index is -0.969. The van der Waals surface area contributed by atoms with E-state index in [9.17, 15) is 14.4 Å². The van der Waals surface area contributed by atoms with Crippen molar-refractivity contribution in [1.82, 2.24) is 0 Å². The predicted molar refractivity (Wildman–Crippen MR) is 180 cm³/mol. The average molecular weight is 613 g/mol. The van der Waals surface area contributed by atoms with Gasteiger partial charge in [-0.2, -0.15) is 0 Å². The smallest absolute Gasteiger partial charge is 0.335 e. The molecule has 5 aromatic rings. The quantitative estimate of drug-likeness (QED) is 0.148. The fourth-order valence-electron chi connectivity index (χ4n) is 4.67. The van der Waals surface area contributed by atoms with Crippen LogP contribution in [0.25, 0.3) is 12.2 Å². The molecule has 0 heterocycles. The van der Waals surface area contributed by atoms with Crippen molar-refractivity contribution in [3.05, 3.63) is 155 Å². The zero-order chi connectivity index (χ0) is 32.5. The van der Waals surface area contributed by atoms with Crippen molar-refractivity contribution in [2.45, 2.75) is 6.61 Å². The topological polar surface area (TPSA) is 105 Å². The van der Waals surface area contributed by atoms with Crippen LogP contribution in [0.2, 0.25) is 0 Å². The van der Waals surface area contributed by atoms with Gasteiger partial charge in [-0.25, -0.2) is 4.79 Å². The maximum Gasteiger partial charge on any atom is 0.335 e. The minimum Gasteiger partial charge on any atom is -0.495 e. The van der Waals surface area contributed by atoms with E-state index in [-0.39, 0.29) is 22.7 Å². The van der Waals surface area contributed by atoms with E-state index in [1.807, 2.05) is 66.7 Å². The van der Waals surface area contributed by atoms with Crippen molar-refractivity contribution in [2.24, 2.45) is 0 Å². The first-order valence-corrected chi connectivity index (χ1v) is 14.5. The van der Waals surface area contributed by atoms with Gasteiger partial charge in [0, 0.05) is 18.3 Å². The van der Waals surface area contributed by atoms with Gasteiger partial charge in [-0.15, -0.1) is 0 Å². The van der Waals surface area contributed by atoms with Gasteiger partial charge in [-0.1, -0.05) is 72.8 Å². The first-order valence-electron chi connectivity index (χ1n) is 14.5. The Morgan fingerprint density at radius 3 is 1.96 bits per heavy atom. The zero-order valence-electron chi connectivity index (χ0n) is 25.3. The zero-order valence-corrected chi connectivity index (χ0v) is 25.3. The summed E-state index contributed by atoms with van der Waals surface area (Å²) in [6.45, 7) is 0.413. The SMILES string of the molecule is COc1cccc(C(=O)N(C)c2ccc(/C=C\c3ccc(C(=O)O)cc3)cc2)c1NC(=O)c1ccc(OCc2ccccc2)cc1. The second kappa shape index (κ2) is 14.5. The molecule has 2 amide bonds. The molecule has 0 saturated heterocycles. The standard InChI is InChI=1S/C38H32N2O6/c1-40(31-21-15-27(16-22-31)12-11-26-13-17-30(18-14-26)38(43)44)37(42)33-9-6-10-34(45-2)35(33)39-36(41)29-19-23-32(24-20-29)46-25-28-7-4-3-5-8-28/h3-24H,25H2,1-2H3,(H,39,41)(H,43,44)/b12-11-. The van der Waals surface area contributed by atoms with Gasteiger partial charge in [0.05, 0.1) is 23.9 Å². The second-order valence-electron chi connectivity index (χ2n) is 10.4. The maximum absolute atomic E-state index is 13.7. The van der Waals surface area contributed by atoms with E-state index >= 15 is 0 Å². The van der Waals surface area contributed by atoms with Crippen LogP contribution >= 0.6 is 0 Å². The Kier molecular flexibility index (Phi) is 9.89. The monoisotopic (exact) mass is 612 g/mol. The number of carboxylic acid groups (broad SMARTS) is 1. The molecule has 0 fully saturated rings. The lowest BCUT2D eigenvalue weighted by atomic mass is 10.1. The number of anilines is 2. The number of rotatable bonds is 11. The van der Waals surface area contributed by atoms with Crippen LogP contribution in [-0.2, 0) is 6.61 Å². The number of carboxylic acids is 1. The highest BCUT2D eigenvalue weighted by atomic mass is 16.5. The number of aromatic carboxylic acids is 1. The summed E-state index contributed by atoms with van der Waals surface area (Å²) >= 11 is 0. The first kappa shape index (κ1) is 31.3. The number of hydrogen-bond acceptors (Lipinski definition) is 5. The van der Waals surface area contributed by atoms with E-state index in [0.29, 0.717) is 29.4 Å². The average Bonchev–Trinajstić information content (AvgIpc) is 3.10. The van der Waals surface area contributed by atoms with Gasteiger partial charge < -0.3 is 24.8 Å². The van der Waals surface area contributed by atoms with Crippen LogP contribution in [0.15, 0.2) is 121 Å². The molecule has 5 aromatic carbocycles. The number of benzene rings is 5. The maximum atomic E-state index is 13.7. The number of hydrogen-bond donors (Lipinski definition) is 2. The van der Waals surface area contributed by atoms with Crippen LogP contribution in [0.1, 0.15) is 47.8 Å². The summed E-state index contributed by atoms with van der Waals surface area (Å²) in [7, 11) is 3.14. The number of nitrogens with zero attached hydrogens (tertiary/aromatic N) is 1. The Labute approximate surface area is 267 Å². The van der Waals surface area contributed by atoms with E-state index in [0.717, 1.165) is 16.7 Å². The highest BCUT2D eigenvalue weighted by Gasteiger charge is 2.22. The van der Waals surface area contributed by atoms with Gasteiger partial charge in [0.1, 0.15) is 18.1 Å². The molecule has 46 heavy (non-hydrogen) atoms. The molecule has 0 aliphatic heterocycles. The Bertz CT molecular complexity index is 1850. The molecule has 0 bridgehead atoms. The summed E-state index contributed by atoms with van der Waals surface area (Å²) in [5, 5.41) is 11.9. The number of amides is 2. The summed E-state index contributed by atoms with van der Waals surface area (Å²) in [5.74, 6) is -0.715. The Hall–Kier alpha value is -6.15. The van der Waals surface area contributed by atoms with Crippen LogP contribution in [0.5, 0.6) is 11.5 Å². The Morgan fingerprint density at radius 1 is 0.739 bits per heavy atom. The normalized spacial score (nSPS) is 10.7. The molecule has 0 unspecified atom stereocenters. The van der Waals surface area contributed by atoms with Crippen LogP contribution in [0, 0.1) is 0 Å². The largest absolute Gasteiger partial charge is 0.495 e. The van der Waals surface area contributed by atoms with E-state index < -0.39 is 11.9 Å². The lowest BCUT2D eigenvalue weighted by Gasteiger charge is -2.21. The molecule has 230 valence electrons. The summed E-state index contributed by atoms with van der Waals surface area (Å²) < 4.78 is 11.3. The number of carbonyl (C=O) groups is 3. The molecule has 2 N–H and O–H groups in total. The third-order valence-electron chi connectivity index (χ3n) is 7.29. The highest BCUT2D eigenvalue weighted by molar-refractivity contribution is 6.14. The number of methoxy groups -OCH3 is 1. The summed E-state index contributed by atoms with van der Waals surface area (Å²) in [6.07, 6.45) is 3.78. The Morgan fingerprint density at radius 2 is 1.35 bits per heavy atom. The molecule has 0 saturated carbocycles. The molecule has 0 radical (unpaired) electrons. The van der Waals surface area contributed by atoms with Crippen LogP contribution in [0.3, 0.4) is 0 Å². The predicted octanol–water partition coefficient (Wildman–Crippen LogP) is 7.67. The van der Waals surface area contributed by atoms with Gasteiger partial charge >= 0.3 is 5.97 Å². The third kappa shape index (κ3) is 7.67. The van der Waals surface area contributed by atoms with Gasteiger partial charge in [0.25, 0.3) is 11.8 Å². The van der Waals surface area contributed by atoms with Gasteiger partial charge in [-0.3, -0.25) is 9.59 Å². The van der Waals surface area contributed by atoms with Crippen molar-refractivity contribution in [3.8, 4) is 11.5 Å². The molecular weight excluding hydrogens is 580 g/mol. The van der Waals surface area contributed by atoms with Crippen molar-refractivity contribution in [3.63, 3.8) is 0 Å². The van der Waals surface area contributed by atoms with Crippen molar-refractivity contribution >= 4 is 41.3 Å². The summed E-state index contributed by atoms with van der Waals surface area (Å²) in [5.41, 5.74) is 4.62. The molecule has 8 nitrogen and oxygen atoms in total. The minimum absolute atomic E-state index is 0.229. The highest BCUT2D eigenvalue weighted by Crippen LogP contribution is 2.31. The van der Waals surface area contributed by atoms with Crippen molar-refractivity contribution < 1.29 is 29.0 Å². The molecule has 5 rings (SSSR count). The fourth-order valence-corrected chi connectivity index (χ4v) is 4.67. The fraction of sp³-hybridized carbons (Fsp3) is 0.0789. The molecule has 0 aliphatic carbocycles. The molecule has 0 aromatic heterocycles. The van der Waals surface area contributed by atoms with Crippen molar-refractivity contribution in [2.75, 3.05) is 24.4 Å². The number of para-hydroxylation sites is 1. The number of nitrogens with one attached hydrogen (secondary N) is 1. The molecule has 8 heteroatoms. The van der Waals surface area contributed by atoms with Crippen LogP contribution in [-0.4, -0.2) is 37.0 Å². The van der Waals surface area contributed by atoms with Gasteiger partial charge in [0.2, 0.25) is 0 Å². The van der Waals surface area contributed by atoms with Gasteiger partial charge in [0.15, 0.2) is 0 Å². The molecular formula is C38H32N2O6. The summed E-state index contributed by atoms with van der Waals surface area (Å²) in [6, 6.07) is 35.6. The van der Waals surface area contributed by atoms with Crippen LogP contribution < -0.4 is 19.7 Å². The number of ether oxygens (including phenoxy) is 2. The van der Waals surface area contributed by atoms with Gasteiger partial charge in [-0.05, 0) is 77.4 Å². The second-order valence-corrected chi connectivity index (χ2v) is 10.4. The third-order valence-corrected chi connectivity index (χ3v) is 7.29. The first-order chi connectivity index (χ1) is 22.3. The summed E-state index contributed by atoms with van der Waals surface area (Å²) in [4.78, 5) is 39.5. The van der Waals surface area contributed by atoms with Crippen LogP contribution in [0.4, 0.5) is 11.4 Å². The molecule has 0 aliphatic rings. The lowest BCUT2D eigenvalue weighted by molar-refractivity contribution is 0.0696. The van der Waals surface area contributed by atoms with E-state index in [1.54, 1.807) is 73.8 Å². The lowest BCUT2D eigenvalue weighted by Crippen LogP contribution is -2.28. The Balaban J connectivity index is 1.27. The molecule has 0 spiro atoms. The van der Waals surface area contributed by atoms with E-state index in [2.05, 4.69) is 5.32 Å². The van der Waals surface area contributed by atoms with E-state index in [1.165, 1.54) is 12.0 Å². The van der Waals surface area contributed by atoms with E-state index in [4.69, 9.17) is 14.6 Å². The number of carbonyl (C=O) groups excluding carboxylic acids is 2. The molecule has 0 atom stereocenters. The van der Waals surface area contributed by atoms with Crippen molar-refractivity contribution in [1.29, 1.82) is 0 Å².